The van der Waals surface area contributed by atoms with E-state index in [4.69, 9.17) is 24.3 Å². The first-order chi connectivity index (χ1) is 26.4. The highest BCUT2D eigenvalue weighted by atomic mass is 31.2. The zero-order valence-electron chi connectivity index (χ0n) is 33.7. The second-order valence-electron chi connectivity index (χ2n) is 12.7. The summed E-state index contributed by atoms with van der Waals surface area (Å²) in [5.74, 6) is -0.379. The molecule has 0 aliphatic heterocycles. The summed E-state index contributed by atoms with van der Waals surface area (Å²) in [6.07, 6.45) is 55.4. The molecule has 2 unspecified atom stereocenters. The maximum Gasteiger partial charge on any atom is 0.472 e. The zero-order valence-corrected chi connectivity index (χ0v) is 34.5. The van der Waals surface area contributed by atoms with Crippen LogP contribution in [0.2, 0.25) is 0 Å². The molecule has 0 radical (unpaired) electrons. The van der Waals surface area contributed by atoms with Gasteiger partial charge in [0.1, 0.15) is 6.10 Å². The summed E-state index contributed by atoms with van der Waals surface area (Å²) in [7, 11) is -4.30. The average Bonchev–Trinajstić information content (AvgIpc) is 3.16. The Morgan fingerprint density at radius 3 is 1.43 bits per heavy atom. The third-order valence-corrected chi connectivity index (χ3v) is 8.67. The van der Waals surface area contributed by atoms with Crippen LogP contribution in [0.3, 0.4) is 0 Å². The minimum absolute atomic E-state index is 0.0730. The summed E-state index contributed by atoms with van der Waals surface area (Å²) >= 11 is 0. The number of ether oxygens (including phenoxy) is 2. The minimum Gasteiger partial charge on any atom is -0.457 e. The second kappa shape index (κ2) is 41.3. The van der Waals surface area contributed by atoms with Crippen molar-refractivity contribution < 1.29 is 32.8 Å². The molecule has 0 aromatic rings. The van der Waals surface area contributed by atoms with Crippen molar-refractivity contribution in [3.8, 4) is 0 Å². The van der Waals surface area contributed by atoms with Crippen molar-refractivity contribution in [3.05, 3.63) is 109 Å². The number of carbonyl (C=O) groups is 1. The molecule has 0 bridgehead atoms. The standard InChI is InChI=1S/C45H74NO7P/c1-3-5-7-9-11-13-15-17-19-21-22-23-24-26-28-30-32-34-36-38-45(47)53-44(43-52-54(48,49)51-41-39-46)42-50-40-37-35-33-31-29-27-25-20-18-16-14-12-10-8-6-4-2/h5-8,11-14,17-20,22-23,26-29,44H,3-4,9-10,15-16,21,24-25,30-43,46H2,1-2H3,(H,48,49)/b7-5-,8-6-,13-11-,14-12-,19-17-,20-18-,23-22-,28-26-,29-27-. The van der Waals surface area contributed by atoms with Crippen LogP contribution in [-0.4, -0.2) is 49.9 Å². The van der Waals surface area contributed by atoms with E-state index in [2.05, 4.69) is 123 Å². The van der Waals surface area contributed by atoms with Crippen LogP contribution in [0, 0.1) is 0 Å². The van der Waals surface area contributed by atoms with Gasteiger partial charge in [-0.05, 0) is 96.3 Å². The Hall–Kier alpha value is -2.84. The molecule has 0 aromatic carbocycles. The van der Waals surface area contributed by atoms with Gasteiger partial charge < -0.3 is 20.1 Å². The number of allylic oxidation sites excluding steroid dienone is 18. The van der Waals surface area contributed by atoms with Gasteiger partial charge >= 0.3 is 13.8 Å². The van der Waals surface area contributed by atoms with Crippen LogP contribution in [0.4, 0.5) is 0 Å². The predicted molar refractivity (Wildman–Crippen MR) is 228 cm³/mol. The second-order valence-corrected chi connectivity index (χ2v) is 14.2. The maximum absolute atomic E-state index is 12.6. The van der Waals surface area contributed by atoms with Crippen molar-refractivity contribution in [2.45, 2.75) is 136 Å². The SMILES string of the molecule is CC/C=C\C/C=C\C/C=C\C/C=C\C/C=C\CCCCCC(=O)OC(COCCCCC/C=C\C/C=C\C/C=C\C/C=C\CC)COP(=O)(O)OCCN. The fraction of sp³-hybridized carbons (Fsp3) is 0.578. The lowest BCUT2D eigenvalue weighted by Gasteiger charge is -2.20. The van der Waals surface area contributed by atoms with Crippen molar-refractivity contribution in [2.24, 2.45) is 5.73 Å². The number of hydrogen-bond donors (Lipinski definition) is 2. The molecule has 306 valence electrons. The van der Waals surface area contributed by atoms with Gasteiger partial charge in [0.15, 0.2) is 0 Å². The first-order valence-electron chi connectivity index (χ1n) is 20.4. The minimum atomic E-state index is -4.30. The van der Waals surface area contributed by atoms with Crippen LogP contribution in [0.25, 0.3) is 0 Å². The number of unbranched alkanes of at least 4 members (excludes halogenated alkanes) is 6. The number of nitrogens with two attached hydrogens (primary N) is 1. The van der Waals surface area contributed by atoms with E-state index in [1.807, 2.05) is 0 Å². The summed E-state index contributed by atoms with van der Waals surface area (Å²) in [6.45, 7) is 4.52. The topological polar surface area (TPSA) is 117 Å². The van der Waals surface area contributed by atoms with E-state index in [1.54, 1.807) is 0 Å². The number of phosphoric acid groups is 1. The van der Waals surface area contributed by atoms with Crippen LogP contribution >= 0.6 is 7.82 Å². The lowest BCUT2D eigenvalue weighted by atomic mass is 10.1. The van der Waals surface area contributed by atoms with Crippen molar-refractivity contribution in [3.63, 3.8) is 0 Å². The van der Waals surface area contributed by atoms with Gasteiger partial charge in [0.05, 0.1) is 19.8 Å². The molecule has 0 aliphatic carbocycles. The molecule has 0 aromatic heterocycles. The van der Waals surface area contributed by atoms with Crippen molar-refractivity contribution in [2.75, 3.05) is 33.0 Å². The lowest BCUT2D eigenvalue weighted by Crippen LogP contribution is -2.28. The van der Waals surface area contributed by atoms with Gasteiger partial charge in [0.2, 0.25) is 0 Å². The van der Waals surface area contributed by atoms with Gasteiger partial charge in [-0.1, -0.05) is 136 Å². The average molecular weight is 772 g/mol. The molecule has 0 fully saturated rings. The molecule has 0 saturated heterocycles. The highest BCUT2D eigenvalue weighted by Crippen LogP contribution is 2.43. The van der Waals surface area contributed by atoms with Gasteiger partial charge in [-0.15, -0.1) is 0 Å². The Morgan fingerprint density at radius 2 is 0.981 bits per heavy atom. The molecule has 3 N–H and O–H groups in total. The number of rotatable bonds is 37. The Morgan fingerprint density at radius 1 is 0.556 bits per heavy atom. The Kier molecular flexibility index (Phi) is 39.2. The first-order valence-corrected chi connectivity index (χ1v) is 21.9. The maximum atomic E-state index is 12.6. The number of carbonyl (C=O) groups excluding carboxylic acids is 1. The van der Waals surface area contributed by atoms with E-state index >= 15 is 0 Å². The molecular formula is C45H74NO7P. The largest absolute Gasteiger partial charge is 0.472 e. The van der Waals surface area contributed by atoms with Crippen molar-refractivity contribution >= 4 is 13.8 Å². The summed E-state index contributed by atoms with van der Waals surface area (Å²) in [5, 5.41) is 0. The van der Waals surface area contributed by atoms with E-state index < -0.39 is 13.9 Å². The normalized spacial score (nSPS) is 14.7. The Bertz CT molecular complexity index is 1180. The van der Waals surface area contributed by atoms with E-state index in [1.165, 1.54) is 0 Å². The highest BCUT2D eigenvalue weighted by molar-refractivity contribution is 7.47. The fourth-order valence-corrected chi connectivity index (χ4v) is 5.54. The Labute approximate surface area is 329 Å². The lowest BCUT2D eigenvalue weighted by molar-refractivity contribution is -0.154. The van der Waals surface area contributed by atoms with Gasteiger partial charge in [-0.25, -0.2) is 4.57 Å². The van der Waals surface area contributed by atoms with Crippen LogP contribution in [0.15, 0.2) is 109 Å². The highest BCUT2D eigenvalue weighted by Gasteiger charge is 2.25. The van der Waals surface area contributed by atoms with Crippen molar-refractivity contribution in [1.29, 1.82) is 0 Å². The third-order valence-electron chi connectivity index (χ3n) is 7.69. The summed E-state index contributed by atoms with van der Waals surface area (Å²) < 4.78 is 33.3. The number of phosphoric ester groups is 1. The molecular weight excluding hydrogens is 697 g/mol. The molecule has 0 aliphatic rings. The smallest absolute Gasteiger partial charge is 0.457 e. The summed E-state index contributed by atoms with van der Waals surface area (Å²) in [5.41, 5.74) is 5.36. The predicted octanol–water partition coefficient (Wildman–Crippen LogP) is 12.1. The van der Waals surface area contributed by atoms with Crippen LogP contribution < -0.4 is 5.73 Å². The molecule has 0 spiro atoms. The molecule has 9 heteroatoms. The monoisotopic (exact) mass is 772 g/mol. The molecule has 0 heterocycles. The van der Waals surface area contributed by atoms with E-state index in [0.717, 1.165) is 103 Å². The van der Waals surface area contributed by atoms with Crippen molar-refractivity contribution in [1.82, 2.24) is 0 Å². The fourth-order valence-electron chi connectivity index (χ4n) is 4.78. The number of esters is 1. The molecule has 0 amide bonds. The van der Waals surface area contributed by atoms with Crippen LogP contribution in [0.1, 0.15) is 129 Å². The van der Waals surface area contributed by atoms with Gasteiger partial charge in [0, 0.05) is 19.6 Å². The number of hydrogen-bond acceptors (Lipinski definition) is 7. The first kappa shape index (κ1) is 51.2. The molecule has 0 saturated carbocycles. The van der Waals surface area contributed by atoms with Gasteiger partial charge in [-0.2, -0.15) is 0 Å². The van der Waals surface area contributed by atoms with E-state index in [-0.39, 0.29) is 38.8 Å². The molecule has 2 atom stereocenters. The van der Waals surface area contributed by atoms with Gasteiger partial charge in [-0.3, -0.25) is 13.8 Å². The Balaban J connectivity index is 4.23. The van der Waals surface area contributed by atoms with Gasteiger partial charge in [0.25, 0.3) is 0 Å². The van der Waals surface area contributed by atoms with Crippen LogP contribution in [0.5, 0.6) is 0 Å². The quantitative estimate of drug-likeness (QED) is 0.0277. The summed E-state index contributed by atoms with van der Waals surface area (Å²) in [6, 6.07) is 0. The molecule has 54 heavy (non-hydrogen) atoms. The molecule has 8 nitrogen and oxygen atoms in total. The molecule has 0 rings (SSSR count). The van der Waals surface area contributed by atoms with E-state index in [0.29, 0.717) is 13.0 Å². The third kappa shape index (κ3) is 40.3. The van der Waals surface area contributed by atoms with Crippen LogP contribution in [-0.2, 0) is 27.9 Å². The zero-order chi connectivity index (χ0) is 39.5. The van der Waals surface area contributed by atoms with E-state index in [9.17, 15) is 14.3 Å². The summed E-state index contributed by atoms with van der Waals surface area (Å²) in [4.78, 5) is 22.4.